The lowest BCUT2D eigenvalue weighted by molar-refractivity contribution is 0.277. The number of ether oxygens (including phenoxy) is 1. The maximum Gasteiger partial charge on any atom is 0.162 e. The van der Waals surface area contributed by atoms with Crippen molar-refractivity contribution in [1.82, 2.24) is 9.97 Å². The molecule has 4 heteroatoms. The lowest BCUT2D eigenvalue weighted by Gasteiger charge is -2.36. The van der Waals surface area contributed by atoms with E-state index in [9.17, 15) is 0 Å². The number of hydrogen-bond donors (Lipinski definition) is 1. The lowest BCUT2D eigenvalue weighted by atomic mass is 9.71. The quantitative estimate of drug-likeness (QED) is 0.906. The SMILES string of the molecule is CCc1nc(C)nc(C2(CN)CCCCC2)c1OC. The highest BCUT2D eigenvalue weighted by Crippen LogP contribution is 2.42. The average molecular weight is 263 g/mol. The normalized spacial score (nSPS) is 18.3. The van der Waals surface area contributed by atoms with E-state index in [4.69, 9.17) is 15.5 Å². The van der Waals surface area contributed by atoms with E-state index in [2.05, 4.69) is 11.9 Å². The number of nitrogens with zero attached hydrogens (tertiary/aromatic N) is 2. The topological polar surface area (TPSA) is 61.0 Å². The van der Waals surface area contributed by atoms with E-state index in [1.807, 2.05) is 6.92 Å². The van der Waals surface area contributed by atoms with Crippen molar-refractivity contribution in [2.24, 2.45) is 5.73 Å². The van der Waals surface area contributed by atoms with E-state index in [-0.39, 0.29) is 5.41 Å². The first-order chi connectivity index (χ1) is 9.16. The van der Waals surface area contributed by atoms with Crippen LogP contribution >= 0.6 is 0 Å². The van der Waals surface area contributed by atoms with Crippen LogP contribution in [0.5, 0.6) is 5.75 Å². The van der Waals surface area contributed by atoms with Gasteiger partial charge in [-0.3, -0.25) is 0 Å². The minimum absolute atomic E-state index is 0.0127. The van der Waals surface area contributed by atoms with Gasteiger partial charge < -0.3 is 10.5 Å². The van der Waals surface area contributed by atoms with Gasteiger partial charge in [0.15, 0.2) is 5.75 Å². The Morgan fingerprint density at radius 3 is 2.42 bits per heavy atom. The summed E-state index contributed by atoms with van der Waals surface area (Å²) in [6.07, 6.45) is 6.84. The maximum absolute atomic E-state index is 6.12. The minimum atomic E-state index is -0.0127. The molecule has 1 fully saturated rings. The predicted molar refractivity (Wildman–Crippen MR) is 76.5 cm³/mol. The zero-order chi connectivity index (χ0) is 13.9. The number of hydrogen-bond acceptors (Lipinski definition) is 4. The van der Waals surface area contributed by atoms with E-state index in [1.165, 1.54) is 19.3 Å². The summed E-state index contributed by atoms with van der Waals surface area (Å²) in [6.45, 7) is 4.70. The Bertz CT molecular complexity index is 439. The van der Waals surface area contributed by atoms with E-state index in [1.54, 1.807) is 7.11 Å². The van der Waals surface area contributed by atoms with Crippen LogP contribution in [-0.4, -0.2) is 23.6 Å². The molecule has 2 N–H and O–H groups in total. The number of aromatic nitrogens is 2. The summed E-state index contributed by atoms with van der Waals surface area (Å²) in [7, 11) is 1.71. The maximum atomic E-state index is 6.12. The van der Waals surface area contributed by atoms with E-state index >= 15 is 0 Å². The lowest BCUT2D eigenvalue weighted by Crippen LogP contribution is -2.38. The van der Waals surface area contributed by atoms with Gasteiger partial charge >= 0.3 is 0 Å². The second-order valence-corrected chi connectivity index (χ2v) is 5.50. The van der Waals surface area contributed by atoms with Gasteiger partial charge in [0.2, 0.25) is 0 Å². The summed E-state index contributed by atoms with van der Waals surface area (Å²) in [4.78, 5) is 9.21. The highest BCUT2D eigenvalue weighted by molar-refractivity contribution is 5.39. The number of nitrogens with two attached hydrogens (primary N) is 1. The molecule has 0 atom stereocenters. The summed E-state index contributed by atoms with van der Waals surface area (Å²) >= 11 is 0. The van der Waals surface area contributed by atoms with Gasteiger partial charge in [-0.25, -0.2) is 9.97 Å². The van der Waals surface area contributed by atoms with Crippen molar-refractivity contribution >= 4 is 0 Å². The van der Waals surface area contributed by atoms with Crippen LogP contribution in [0.1, 0.15) is 56.2 Å². The summed E-state index contributed by atoms with van der Waals surface area (Å²) in [6, 6.07) is 0. The molecule has 19 heavy (non-hydrogen) atoms. The molecule has 0 aromatic carbocycles. The Kier molecular flexibility index (Phi) is 4.40. The smallest absolute Gasteiger partial charge is 0.162 e. The molecule has 1 heterocycles. The molecule has 1 aliphatic rings. The van der Waals surface area contributed by atoms with Crippen molar-refractivity contribution in [3.8, 4) is 5.75 Å². The minimum Gasteiger partial charge on any atom is -0.493 e. The molecule has 2 rings (SSSR count). The molecule has 0 aliphatic heterocycles. The molecule has 0 radical (unpaired) electrons. The molecule has 4 nitrogen and oxygen atoms in total. The Hall–Kier alpha value is -1.16. The third-order valence-electron chi connectivity index (χ3n) is 4.29. The standard InChI is InChI=1S/C15H25N3O/c1-4-12-13(19-3)14(18-11(2)17-12)15(10-16)8-6-5-7-9-15/h4-10,16H2,1-3H3. The predicted octanol–water partition coefficient (Wildman–Crippen LogP) is 2.52. The third-order valence-corrected chi connectivity index (χ3v) is 4.29. The molecule has 1 saturated carbocycles. The van der Waals surface area contributed by atoms with Crippen LogP contribution in [0.25, 0.3) is 0 Å². The van der Waals surface area contributed by atoms with Crippen molar-refractivity contribution in [3.63, 3.8) is 0 Å². The highest BCUT2D eigenvalue weighted by Gasteiger charge is 2.37. The molecule has 0 spiro atoms. The van der Waals surface area contributed by atoms with Crippen molar-refractivity contribution in [3.05, 3.63) is 17.2 Å². The molecule has 0 saturated heterocycles. The van der Waals surface area contributed by atoms with Crippen molar-refractivity contribution in [1.29, 1.82) is 0 Å². The Morgan fingerprint density at radius 2 is 1.89 bits per heavy atom. The van der Waals surface area contributed by atoms with E-state index < -0.39 is 0 Å². The molecule has 1 aromatic rings. The van der Waals surface area contributed by atoms with E-state index in [0.29, 0.717) is 6.54 Å². The first-order valence-corrected chi connectivity index (χ1v) is 7.29. The van der Waals surface area contributed by atoms with Crippen LogP contribution in [0, 0.1) is 6.92 Å². The monoisotopic (exact) mass is 263 g/mol. The second-order valence-electron chi connectivity index (χ2n) is 5.50. The number of methoxy groups -OCH3 is 1. The van der Waals surface area contributed by atoms with Crippen LogP contribution in [0.15, 0.2) is 0 Å². The summed E-state index contributed by atoms with van der Waals surface area (Å²) in [5.74, 6) is 1.69. The van der Waals surface area contributed by atoms with Gasteiger partial charge in [-0.1, -0.05) is 26.2 Å². The fourth-order valence-corrected chi connectivity index (χ4v) is 3.20. The van der Waals surface area contributed by atoms with Gasteiger partial charge in [0.1, 0.15) is 5.82 Å². The third kappa shape index (κ3) is 2.59. The van der Waals surface area contributed by atoms with Gasteiger partial charge in [0.25, 0.3) is 0 Å². The molecular formula is C15H25N3O. The first-order valence-electron chi connectivity index (χ1n) is 7.29. The average Bonchev–Trinajstić information content (AvgIpc) is 2.46. The zero-order valence-corrected chi connectivity index (χ0v) is 12.3. The fourth-order valence-electron chi connectivity index (χ4n) is 3.20. The van der Waals surface area contributed by atoms with Crippen LogP contribution in [0.2, 0.25) is 0 Å². The van der Waals surface area contributed by atoms with Crippen molar-refractivity contribution in [2.45, 2.75) is 57.8 Å². The Balaban J connectivity index is 2.55. The molecule has 0 bridgehead atoms. The summed E-state index contributed by atoms with van der Waals surface area (Å²) in [5, 5.41) is 0. The summed E-state index contributed by atoms with van der Waals surface area (Å²) < 4.78 is 5.62. The largest absolute Gasteiger partial charge is 0.493 e. The molecule has 0 amide bonds. The molecule has 1 aliphatic carbocycles. The molecular weight excluding hydrogens is 238 g/mol. The van der Waals surface area contributed by atoms with Crippen molar-refractivity contribution < 1.29 is 4.74 Å². The van der Waals surface area contributed by atoms with Gasteiger partial charge in [-0.15, -0.1) is 0 Å². The second kappa shape index (κ2) is 5.87. The highest BCUT2D eigenvalue weighted by atomic mass is 16.5. The molecule has 1 aromatic heterocycles. The van der Waals surface area contributed by atoms with Crippen molar-refractivity contribution in [2.75, 3.05) is 13.7 Å². The van der Waals surface area contributed by atoms with Crippen LogP contribution in [0.4, 0.5) is 0 Å². The van der Waals surface area contributed by atoms with Gasteiger partial charge in [-0.2, -0.15) is 0 Å². The van der Waals surface area contributed by atoms with Crippen LogP contribution in [0.3, 0.4) is 0 Å². The Labute approximate surface area is 115 Å². The summed E-state index contributed by atoms with van der Waals surface area (Å²) in [5.41, 5.74) is 8.15. The molecule has 106 valence electrons. The first kappa shape index (κ1) is 14.3. The number of rotatable bonds is 4. The fraction of sp³-hybridized carbons (Fsp3) is 0.733. The van der Waals surface area contributed by atoms with Crippen LogP contribution < -0.4 is 10.5 Å². The molecule has 0 unspecified atom stereocenters. The zero-order valence-electron chi connectivity index (χ0n) is 12.3. The van der Waals surface area contributed by atoms with E-state index in [0.717, 1.165) is 42.2 Å². The Morgan fingerprint density at radius 1 is 1.21 bits per heavy atom. The van der Waals surface area contributed by atoms with Crippen LogP contribution in [-0.2, 0) is 11.8 Å². The van der Waals surface area contributed by atoms with Gasteiger partial charge in [0, 0.05) is 12.0 Å². The van der Waals surface area contributed by atoms with Gasteiger partial charge in [0.05, 0.1) is 18.5 Å². The number of aryl methyl sites for hydroxylation is 2. The van der Waals surface area contributed by atoms with Gasteiger partial charge in [-0.05, 0) is 26.2 Å².